The van der Waals surface area contributed by atoms with Crippen molar-refractivity contribution in [3.05, 3.63) is 48.5 Å². The van der Waals surface area contributed by atoms with Crippen LogP contribution >= 0.6 is 0 Å². The van der Waals surface area contributed by atoms with Crippen molar-refractivity contribution >= 4 is 0 Å². The Hall–Kier alpha value is -1.81. The molecule has 1 saturated heterocycles. The molecule has 0 spiro atoms. The first-order valence-electron chi connectivity index (χ1n) is 8.14. The van der Waals surface area contributed by atoms with Gasteiger partial charge in [-0.05, 0) is 49.4 Å². The van der Waals surface area contributed by atoms with Crippen LogP contribution in [0.2, 0.25) is 0 Å². The monoisotopic (exact) mass is 299 g/mol. The molecule has 1 aromatic heterocycles. The smallest absolute Gasteiger partial charge is 0.118 e. The average molecular weight is 299 g/mol. The number of likely N-dealkylation sites (tertiary alicyclic amines) is 1. The number of piperidine rings is 1. The normalized spacial score (nSPS) is 19.2. The van der Waals surface area contributed by atoms with E-state index in [1.165, 1.54) is 37.9 Å². The molecular formula is C18H25N3O. The van der Waals surface area contributed by atoms with Crippen LogP contribution in [0.3, 0.4) is 0 Å². The van der Waals surface area contributed by atoms with Crippen molar-refractivity contribution in [2.75, 3.05) is 26.7 Å². The molecule has 0 radical (unpaired) electrons. The number of methoxy groups -OCH3 is 1. The summed E-state index contributed by atoms with van der Waals surface area (Å²) in [6, 6.07) is 8.52. The van der Waals surface area contributed by atoms with E-state index in [1.807, 2.05) is 18.7 Å². The van der Waals surface area contributed by atoms with Crippen LogP contribution in [0.15, 0.2) is 43.0 Å². The summed E-state index contributed by atoms with van der Waals surface area (Å²) in [5.41, 5.74) is 1.42. The predicted octanol–water partition coefficient (Wildman–Crippen LogP) is 2.85. The van der Waals surface area contributed by atoms with Gasteiger partial charge >= 0.3 is 0 Å². The molecule has 2 heterocycles. The molecule has 1 aliphatic heterocycles. The fourth-order valence-corrected chi connectivity index (χ4v) is 3.29. The summed E-state index contributed by atoms with van der Waals surface area (Å²) in [7, 11) is 1.72. The van der Waals surface area contributed by atoms with E-state index in [2.05, 4.69) is 38.7 Å². The molecule has 4 heteroatoms. The molecule has 2 aromatic rings. The molecule has 0 saturated carbocycles. The summed E-state index contributed by atoms with van der Waals surface area (Å²) in [5, 5.41) is 0. The Morgan fingerprint density at radius 1 is 1.23 bits per heavy atom. The molecule has 4 nitrogen and oxygen atoms in total. The molecular weight excluding hydrogens is 274 g/mol. The Morgan fingerprint density at radius 2 is 2.09 bits per heavy atom. The molecule has 0 bridgehead atoms. The van der Waals surface area contributed by atoms with Gasteiger partial charge in [0.15, 0.2) is 0 Å². The Balaban J connectivity index is 1.49. The van der Waals surface area contributed by atoms with E-state index in [1.54, 1.807) is 7.11 Å². The van der Waals surface area contributed by atoms with Gasteiger partial charge in [0.1, 0.15) is 5.75 Å². The molecule has 0 unspecified atom stereocenters. The second kappa shape index (κ2) is 7.45. The second-order valence-corrected chi connectivity index (χ2v) is 6.16. The van der Waals surface area contributed by atoms with Crippen molar-refractivity contribution in [3.63, 3.8) is 0 Å². The highest BCUT2D eigenvalue weighted by Gasteiger charge is 2.19. The van der Waals surface area contributed by atoms with Crippen molar-refractivity contribution in [1.82, 2.24) is 14.5 Å². The van der Waals surface area contributed by atoms with Gasteiger partial charge in [-0.25, -0.2) is 4.98 Å². The number of nitrogens with zero attached hydrogens (tertiary/aromatic N) is 3. The van der Waals surface area contributed by atoms with Gasteiger partial charge in [-0.15, -0.1) is 0 Å². The van der Waals surface area contributed by atoms with Gasteiger partial charge in [0, 0.05) is 32.0 Å². The number of imidazole rings is 1. The Kier molecular flexibility index (Phi) is 5.11. The number of hydrogen-bond acceptors (Lipinski definition) is 3. The van der Waals surface area contributed by atoms with Crippen molar-refractivity contribution in [2.24, 2.45) is 5.92 Å². The van der Waals surface area contributed by atoms with E-state index in [-0.39, 0.29) is 0 Å². The van der Waals surface area contributed by atoms with E-state index >= 15 is 0 Å². The van der Waals surface area contributed by atoms with Crippen molar-refractivity contribution in [3.8, 4) is 5.75 Å². The van der Waals surface area contributed by atoms with Gasteiger partial charge in [-0.3, -0.25) is 0 Å². The molecule has 1 aliphatic rings. The molecule has 3 rings (SSSR count). The lowest BCUT2D eigenvalue weighted by atomic mass is 9.91. The minimum atomic E-state index is 0.768. The first-order chi connectivity index (χ1) is 10.8. The number of ether oxygens (including phenoxy) is 1. The molecule has 0 amide bonds. The van der Waals surface area contributed by atoms with Crippen LogP contribution in [0.4, 0.5) is 0 Å². The van der Waals surface area contributed by atoms with E-state index in [9.17, 15) is 0 Å². The van der Waals surface area contributed by atoms with E-state index in [4.69, 9.17) is 4.74 Å². The Bertz CT molecular complexity index is 550. The molecule has 1 aromatic carbocycles. The highest BCUT2D eigenvalue weighted by molar-refractivity contribution is 5.27. The van der Waals surface area contributed by atoms with Gasteiger partial charge in [-0.1, -0.05) is 12.1 Å². The van der Waals surface area contributed by atoms with Crippen LogP contribution in [0.1, 0.15) is 18.4 Å². The molecule has 1 fully saturated rings. The maximum atomic E-state index is 5.23. The Morgan fingerprint density at radius 3 is 2.82 bits per heavy atom. The fourth-order valence-electron chi connectivity index (χ4n) is 3.29. The number of aromatic nitrogens is 2. The van der Waals surface area contributed by atoms with Crippen molar-refractivity contribution < 1.29 is 4.74 Å². The molecule has 1 atom stereocenters. The topological polar surface area (TPSA) is 30.3 Å². The number of hydrogen-bond donors (Lipinski definition) is 0. The molecule has 22 heavy (non-hydrogen) atoms. The lowest BCUT2D eigenvalue weighted by molar-refractivity contribution is 0.169. The number of rotatable bonds is 6. The maximum absolute atomic E-state index is 5.23. The van der Waals surface area contributed by atoms with Crippen LogP contribution < -0.4 is 4.74 Å². The first-order valence-corrected chi connectivity index (χ1v) is 8.14. The van der Waals surface area contributed by atoms with Crippen molar-refractivity contribution in [1.29, 1.82) is 0 Å². The third-order valence-corrected chi connectivity index (χ3v) is 4.52. The van der Waals surface area contributed by atoms with Crippen LogP contribution in [0.25, 0.3) is 0 Å². The predicted molar refractivity (Wildman–Crippen MR) is 88.1 cm³/mol. The zero-order chi connectivity index (χ0) is 15.2. The van der Waals surface area contributed by atoms with Crippen LogP contribution in [-0.2, 0) is 13.0 Å². The summed E-state index contributed by atoms with van der Waals surface area (Å²) in [4.78, 5) is 6.70. The summed E-state index contributed by atoms with van der Waals surface area (Å²) >= 11 is 0. The van der Waals surface area contributed by atoms with Gasteiger partial charge in [0.2, 0.25) is 0 Å². The van der Waals surface area contributed by atoms with Crippen LogP contribution in [0.5, 0.6) is 5.75 Å². The van der Waals surface area contributed by atoms with Gasteiger partial charge in [0.25, 0.3) is 0 Å². The first kappa shape index (κ1) is 15.1. The third kappa shape index (κ3) is 4.10. The maximum Gasteiger partial charge on any atom is 0.118 e. The number of benzene rings is 1. The van der Waals surface area contributed by atoms with E-state index in [0.29, 0.717) is 0 Å². The minimum Gasteiger partial charge on any atom is -0.497 e. The van der Waals surface area contributed by atoms with Crippen molar-refractivity contribution in [2.45, 2.75) is 25.8 Å². The van der Waals surface area contributed by atoms with Crippen LogP contribution in [-0.4, -0.2) is 41.2 Å². The minimum absolute atomic E-state index is 0.768. The summed E-state index contributed by atoms with van der Waals surface area (Å²) in [5.74, 6) is 1.71. The zero-order valence-electron chi connectivity index (χ0n) is 13.3. The highest BCUT2D eigenvalue weighted by atomic mass is 16.5. The summed E-state index contributed by atoms with van der Waals surface area (Å²) < 4.78 is 7.39. The largest absolute Gasteiger partial charge is 0.497 e. The third-order valence-electron chi connectivity index (χ3n) is 4.52. The standard InChI is InChI=1S/C18H25N3O/c1-22-18-6-4-16(5-7-18)13-17-3-2-9-20(14-17)11-12-21-10-8-19-15-21/h4-8,10,15,17H,2-3,9,11-14H2,1H3/t17-/m0/s1. The zero-order valence-corrected chi connectivity index (χ0v) is 13.3. The van der Waals surface area contributed by atoms with E-state index in [0.717, 1.165) is 24.8 Å². The average Bonchev–Trinajstić information content (AvgIpc) is 3.08. The highest BCUT2D eigenvalue weighted by Crippen LogP contribution is 2.22. The summed E-state index contributed by atoms with van der Waals surface area (Å²) in [6.45, 7) is 4.60. The molecule has 118 valence electrons. The van der Waals surface area contributed by atoms with Gasteiger partial charge in [-0.2, -0.15) is 0 Å². The quantitative estimate of drug-likeness (QED) is 0.821. The SMILES string of the molecule is COc1ccc(C[C@@H]2CCCN(CCn3ccnc3)C2)cc1. The molecule has 0 aliphatic carbocycles. The van der Waals surface area contributed by atoms with E-state index < -0.39 is 0 Å². The van der Waals surface area contributed by atoms with Gasteiger partial charge < -0.3 is 14.2 Å². The lowest BCUT2D eigenvalue weighted by Gasteiger charge is -2.32. The fraction of sp³-hybridized carbons (Fsp3) is 0.500. The summed E-state index contributed by atoms with van der Waals surface area (Å²) in [6.07, 6.45) is 9.62. The second-order valence-electron chi connectivity index (χ2n) is 6.16. The van der Waals surface area contributed by atoms with Crippen LogP contribution in [0, 0.1) is 5.92 Å². The molecule has 0 N–H and O–H groups in total. The lowest BCUT2D eigenvalue weighted by Crippen LogP contribution is -2.38. The Labute approximate surface area is 132 Å². The van der Waals surface area contributed by atoms with Gasteiger partial charge in [0.05, 0.1) is 13.4 Å².